The number of nitrogens with zero attached hydrogens (tertiary/aromatic N) is 3. The number of amides is 1. The molecule has 1 aromatic heterocycles. The minimum Gasteiger partial charge on any atom is -0.388 e. The molecule has 0 fully saturated rings. The van der Waals surface area contributed by atoms with E-state index < -0.39 is 6.10 Å². The number of benzene rings is 2. The van der Waals surface area contributed by atoms with E-state index in [9.17, 15) is 9.90 Å². The second-order valence-corrected chi connectivity index (χ2v) is 7.83. The van der Waals surface area contributed by atoms with Gasteiger partial charge in [-0.2, -0.15) is 5.10 Å². The zero-order valence-corrected chi connectivity index (χ0v) is 18.5. The van der Waals surface area contributed by atoms with Crippen molar-refractivity contribution in [3.05, 3.63) is 83.2 Å². The minimum atomic E-state index is -0.659. The molecule has 1 atom stereocenters. The van der Waals surface area contributed by atoms with Crippen molar-refractivity contribution < 1.29 is 9.90 Å². The molecule has 0 bridgehead atoms. The number of aromatic nitrogens is 1. The molecule has 0 aliphatic carbocycles. The highest BCUT2D eigenvalue weighted by atomic mass is 16.3. The topological polar surface area (TPSA) is 69.9 Å². The SMILES string of the molecule is Cc1cc(/C=N\NC(=O)CC[C@H](O)c2ccccc2)c(C)n1-c1ccc(N(C)C)cc1. The maximum atomic E-state index is 12.1. The molecule has 0 unspecified atom stereocenters. The number of hydrogen-bond donors (Lipinski definition) is 2. The van der Waals surface area contributed by atoms with E-state index in [1.54, 1.807) is 6.21 Å². The molecule has 6 nitrogen and oxygen atoms in total. The van der Waals surface area contributed by atoms with Crippen molar-refractivity contribution >= 4 is 17.8 Å². The van der Waals surface area contributed by atoms with Crippen LogP contribution < -0.4 is 10.3 Å². The number of aliphatic hydroxyl groups excluding tert-OH is 1. The van der Waals surface area contributed by atoms with Crippen molar-refractivity contribution in [3.8, 4) is 5.69 Å². The summed E-state index contributed by atoms with van der Waals surface area (Å²) in [6, 6.07) is 19.8. The van der Waals surface area contributed by atoms with Crippen LogP contribution in [0.15, 0.2) is 65.8 Å². The fraction of sp³-hybridized carbons (Fsp3) is 0.280. The summed E-state index contributed by atoms with van der Waals surface area (Å²) in [5.74, 6) is -0.223. The van der Waals surface area contributed by atoms with Crippen LogP contribution in [0.2, 0.25) is 0 Å². The molecule has 1 heterocycles. The first-order valence-electron chi connectivity index (χ1n) is 10.4. The second kappa shape index (κ2) is 10.1. The predicted molar refractivity (Wildman–Crippen MR) is 126 cm³/mol. The Balaban J connectivity index is 1.60. The molecule has 6 heteroatoms. The Morgan fingerprint density at radius 2 is 1.81 bits per heavy atom. The highest BCUT2D eigenvalue weighted by Crippen LogP contribution is 2.22. The van der Waals surface area contributed by atoms with Crippen molar-refractivity contribution in [2.24, 2.45) is 5.10 Å². The third-order valence-corrected chi connectivity index (χ3v) is 5.32. The molecule has 162 valence electrons. The van der Waals surface area contributed by atoms with E-state index in [2.05, 4.69) is 44.3 Å². The molecular weight excluding hydrogens is 388 g/mol. The number of anilines is 1. The van der Waals surface area contributed by atoms with Gasteiger partial charge in [0.05, 0.1) is 12.3 Å². The Morgan fingerprint density at radius 1 is 1.13 bits per heavy atom. The summed E-state index contributed by atoms with van der Waals surface area (Å²) < 4.78 is 2.17. The molecule has 0 aliphatic rings. The van der Waals surface area contributed by atoms with E-state index in [1.165, 1.54) is 0 Å². The first-order chi connectivity index (χ1) is 14.9. The monoisotopic (exact) mass is 418 g/mol. The summed E-state index contributed by atoms with van der Waals surface area (Å²) in [5.41, 5.74) is 8.68. The van der Waals surface area contributed by atoms with Gasteiger partial charge in [-0.05, 0) is 56.2 Å². The highest BCUT2D eigenvalue weighted by Gasteiger charge is 2.11. The molecule has 1 amide bonds. The summed E-state index contributed by atoms with van der Waals surface area (Å²) in [5, 5.41) is 14.3. The van der Waals surface area contributed by atoms with Gasteiger partial charge in [0, 0.05) is 48.8 Å². The average Bonchev–Trinajstić information content (AvgIpc) is 3.05. The van der Waals surface area contributed by atoms with Crippen molar-refractivity contribution in [2.75, 3.05) is 19.0 Å². The van der Waals surface area contributed by atoms with Gasteiger partial charge in [-0.25, -0.2) is 5.43 Å². The van der Waals surface area contributed by atoms with Crippen LogP contribution >= 0.6 is 0 Å². The minimum absolute atomic E-state index is 0.199. The van der Waals surface area contributed by atoms with Gasteiger partial charge in [0.15, 0.2) is 0 Å². The Hall–Kier alpha value is -3.38. The zero-order chi connectivity index (χ0) is 22.4. The molecule has 0 aliphatic heterocycles. The summed E-state index contributed by atoms with van der Waals surface area (Å²) >= 11 is 0. The molecular formula is C25H30N4O2. The lowest BCUT2D eigenvalue weighted by Crippen LogP contribution is -2.18. The largest absolute Gasteiger partial charge is 0.388 e. The number of hydrazone groups is 1. The van der Waals surface area contributed by atoms with Crippen LogP contribution in [-0.4, -0.2) is 35.9 Å². The Labute approximate surface area is 183 Å². The van der Waals surface area contributed by atoms with Crippen LogP contribution in [-0.2, 0) is 4.79 Å². The van der Waals surface area contributed by atoms with Crippen molar-refractivity contribution in [1.82, 2.24) is 9.99 Å². The Morgan fingerprint density at radius 3 is 2.45 bits per heavy atom. The van der Waals surface area contributed by atoms with Crippen LogP contribution in [0.3, 0.4) is 0 Å². The summed E-state index contributed by atoms with van der Waals surface area (Å²) in [6.45, 7) is 4.08. The van der Waals surface area contributed by atoms with Gasteiger partial charge in [-0.1, -0.05) is 30.3 Å². The first kappa shape index (κ1) is 22.3. The fourth-order valence-electron chi connectivity index (χ4n) is 3.55. The molecule has 3 aromatic rings. The van der Waals surface area contributed by atoms with E-state index in [-0.39, 0.29) is 12.3 Å². The average molecular weight is 419 g/mol. The lowest BCUT2D eigenvalue weighted by molar-refractivity contribution is -0.121. The summed E-state index contributed by atoms with van der Waals surface area (Å²) in [4.78, 5) is 14.2. The number of aliphatic hydroxyl groups is 1. The van der Waals surface area contributed by atoms with Gasteiger partial charge in [-0.3, -0.25) is 4.79 Å². The van der Waals surface area contributed by atoms with Gasteiger partial charge in [0.1, 0.15) is 0 Å². The molecule has 3 rings (SSSR count). The van der Waals surface area contributed by atoms with E-state index >= 15 is 0 Å². The highest BCUT2D eigenvalue weighted by molar-refractivity contribution is 5.84. The van der Waals surface area contributed by atoms with E-state index in [0.29, 0.717) is 6.42 Å². The molecule has 2 N–H and O–H groups in total. The summed E-state index contributed by atoms with van der Waals surface area (Å²) in [6.07, 6.45) is 1.56. The molecule has 0 spiro atoms. The summed E-state index contributed by atoms with van der Waals surface area (Å²) in [7, 11) is 4.04. The van der Waals surface area contributed by atoms with Crippen molar-refractivity contribution in [3.63, 3.8) is 0 Å². The molecule has 0 radical (unpaired) electrons. The number of carbonyl (C=O) groups excluding carboxylic acids is 1. The van der Waals surface area contributed by atoms with Gasteiger partial charge in [0.25, 0.3) is 0 Å². The first-order valence-corrected chi connectivity index (χ1v) is 10.4. The van der Waals surface area contributed by atoms with Crippen molar-refractivity contribution in [2.45, 2.75) is 32.8 Å². The molecule has 31 heavy (non-hydrogen) atoms. The van der Waals surface area contributed by atoms with Crippen molar-refractivity contribution in [1.29, 1.82) is 0 Å². The lowest BCUT2D eigenvalue weighted by Gasteiger charge is -2.14. The van der Waals surface area contributed by atoms with Crippen LogP contribution in [0.5, 0.6) is 0 Å². The number of nitrogens with one attached hydrogen (secondary N) is 1. The normalized spacial score (nSPS) is 12.2. The number of aryl methyl sites for hydroxylation is 1. The van der Waals surface area contributed by atoms with E-state index in [0.717, 1.165) is 33.9 Å². The van der Waals surface area contributed by atoms with E-state index in [1.807, 2.05) is 64.3 Å². The lowest BCUT2D eigenvalue weighted by atomic mass is 10.1. The second-order valence-electron chi connectivity index (χ2n) is 7.83. The standard InChI is InChI=1S/C25H30N4O2/c1-18-16-21(19(2)29(18)23-12-10-22(11-13-23)28(3)4)17-26-27-25(31)15-14-24(30)20-8-6-5-7-9-20/h5-13,16-17,24,30H,14-15H2,1-4H3,(H,27,31)/b26-17-/t24-/m0/s1. The molecule has 2 aromatic carbocycles. The number of hydrogen-bond acceptors (Lipinski definition) is 4. The predicted octanol–water partition coefficient (Wildman–Crippen LogP) is 4.12. The van der Waals surface area contributed by atoms with Crippen LogP contribution in [0.25, 0.3) is 5.69 Å². The Kier molecular flexibility index (Phi) is 7.26. The maximum Gasteiger partial charge on any atom is 0.240 e. The third kappa shape index (κ3) is 5.61. The van der Waals surface area contributed by atoms with E-state index in [4.69, 9.17) is 0 Å². The van der Waals surface area contributed by atoms with Crippen LogP contribution in [0.1, 0.15) is 41.5 Å². The van der Waals surface area contributed by atoms with Gasteiger partial charge in [0.2, 0.25) is 5.91 Å². The fourth-order valence-corrected chi connectivity index (χ4v) is 3.55. The number of rotatable bonds is 8. The smallest absolute Gasteiger partial charge is 0.240 e. The van der Waals surface area contributed by atoms with Gasteiger partial charge in [-0.15, -0.1) is 0 Å². The maximum absolute atomic E-state index is 12.1. The molecule has 0 saturated carbocycles. The third-order valence-electron chi connectivity index (χ3n) is 5.32. The van der Waals surface area contributed by atoms with Crippen LogP contribution in [0, 0.1) is 13.8 Å². The van der Waals surface area contributed by atoms with Crippen LogP contribution in [0.4, 0.5) is 5.69 Å². The zero-order valence-electron chi connectivity index (χ0n) is 18.5. The molecule has 0 saturated heterocycles. The number of carbonyl (C=O) groups is 1. The Bertz CT molecular complexity index is 1040. The van der Waals surface area contributed by atoms with Gasteiger partial charge >= 0.3 is 0 Å². The van der Waals surface area contributed by atoms with Gasteiger partial charge < -0.3 is 14.6 Å². The quantitative estimate of drug-likeness (QED) is 0.427.